The van der Waals surface area contributed by atoms with E-state index in [1.807, 2.05) is 50.2 Å². The Kier molecular flexibility index (Phi) is 5.56. The first-order chi connectivity index (χ1) is 14.1. The van der Waals surface area contributed by atoms with E-state index in [1.54, 1.807) is 9.80 Å². The molecule has 0 bridgehead atoms. The van der Waals surface area contributed by atoms with Crippen molar-refractivity contribution in [2.45, 2.75) is 33.1 Å². The number of aryl methyl sites for hydroxylation is 1. The van der Waals surface area contributed by atoms with E-state index in [4.69, 9.17) is 0 Å². The van der Waals surface area contributed by atoms with Crippen molar-refractivity contribution < 1.29 is 9.59 Å². The Hall–Kier alpha value is -2.82. The third-order valence-electron chi connectivity index (χ3n) is 6.00. The van der Waals surface area contributed by atoms with Gasteiger partial charge in [0.2, 0.25) is 11.8 Å². The molecule has 0 aromatic heterocycles. The van der Waals surface area contributed by atoms with Crippen LogP contribution in [-0.2, 0) is 9.59 Å². The summed E-state index contributed by atoms with van der Waals surface area (Å²) in [7, 11) is 0. The van der Waals surface area contributed by atoms with Gasteiger partial charge in [0.25, 0.3) is 0 Å². The van der Waals surface area contributed by atoms with Crippen LogP contribution in [0.4, 0.5) is 17.1 Å². The van der Waals surface area contributed by atoms with Gasteiger partial charge in [-0.2, -0.15) is 0 Å². The summed E-state index contributed by atoms with van der Waals surface area (Å²) in [6.45, 7) is 7.25. The smallest absolute Gasteiger partial charge is 0.232 e. The fourth-order valence-corrected chi connectivity index (χ4v) is 4.42. The van der Waals surface area contributed by atoms with Gasteiger partial charge in [-0.1, -0.05) is 12.1 Å². The summed E-state index contributed by atoms with van der Waals surface area (Å²) in [4.78, 5) is 31.8. The van der Waals surface area contributed by atoms with Gasteiger partial charge in [-0.25, -0.2) is 0 Å². The molecule has 2 amide bonds. The van der Waals surface area contributed by atoms with Crippen molar-refractivity contribution in [2.24, 2.45) is 5.92 Å². The van der Waals surface area contributed by atoms with E-state index < -0.39 is 0 Å². The molecular formula is C24H29N3O2. The average molecular weight is 392 g/mol. The maximum absolute atomic E-state index is 13.2. The van der Waals surface area contributed by atoms with Crippen LogP contribution in [0.1, 0.15) is 31.7 Å². The third-order valence-corrected chi connectivity index (χ3v) is 6.00. The van der Waals surface area contributed by atoms with Gasteiger partial charge in [0.05, 0.1) is 5.92 Å². The zero-order valence-corrected chi connectivity index (χ0v) is 17.3. The van der Waals surface area contributed by atoms with Gasteiger partial charge in [-0.15, -0.1) is 0 Å². The number of hydrogen-bond donors (Lipinski definition) is 0. The second-order valence-electron chi connectivity index (χ2n) is 8.04. The molecule has 5 nitrogen and oxygen atoms in total. The highest BCUT2D eigenvalue weighted by Crippen LogP contribution is 2.30. The van der Waals surface area contributed by atoms with Crippen LogP contribution >= 0.6 is 0 Å². The minimum absolute atomic E-state index is 0.0255. The summed E-state index contributed by atoms with van der Waals surface area (Å²) < 4.78 is 0. The van der Waals surface area contributed by atoms with Crippen LogP contribution in [0.2, 0.25) is 0 Å². The van der Waals surface area contributed by atoms with Gasteiger partial charge in [-0.3, -0.25) is 9.59 Å². The van der Waals surface area contributed by atoms with Gasteiger partial charge >= 0.3 is 0 Å². The largest absolute Gasteiger partial charge is 0.372 e. The highest BCUT2D eigenvalue weighted by Gasteiger charge is 2.37. The number of anilines is 3. The molecule has 1 unspecified atom stereocenters. The molecule has 2 aromatic rings. The summed E-state index contributed by atoms with van der Waals surface area (Å²) in [5, 5.41) is 0. The Morgan fingerprint density at radius 2 is 1.76 bits per heavy atom. The van der Waals surface area contributed by atoms with Crippen LogP contribution < -0.4 is 14.7 Å². The molecule has 0 spiro atoms. The van der Waals surface area contributed by atoms with Crippen LogP contribution in [0.15, 0.2) is 48.5 Å². The van der Waals surface area contributed by atoms with E-state index in [0.29, 0.717) is 13.1 Å². The van der Waals surface area contributed by atoms with Crippen molar-refractivity contribution in [3.63, 3.8) is 0 Å². The van der Waals surface area contributed by atoms with Crippen LogP contribution in [0.5, 0.6) is 0 Å². The Morgan fingerprint density at radius 1 is 1.07 bits per heavy atom. The number of amides is 2. The predicted molar refractivity (Wildman–Crippen MR) is 118 cm³/mol. The zero-order chi connectivity index (χ0) is 20.4. The van der Waals surface area contributed by atoms with Crippen LogP contribution in [0.25, 0.3) is 0 Å². The van der Waals surface area contributed by atoms with Crippen molar-refractivity contribution in [3.8, 4) is 0 Å². The topological polar surface area (TPSA) is 43.9 Å². The lowest BCUT2D eigenvalue weighted by Gasteiger charge is -2.25. The molecule has 2 aliphatic heterocycles. The maximum atomic E-state index is 13.2. The minimum Gasteiger partial charge on any atom is -0.372 e. The van der Waals surface area contributed by atoms with E-state index in [0.717, 1.165) is 30.0 Å². The lowest BCUT2D eigenvalue weighted by atomic mass is 10.1. The average Bonchev–Trinajstić information content (AvgIpc) is 3.39. The number of carbonyl (C=O) groups is 2. The first kappa shape index (κ1) is 19.5. The minimum atomic E-state index is -0.304. The fraction of sp³-hybridized carbons (Fsp3) is 0.417. The van der Waals surface area contributed by atoms with E-state index >= 15 is 0 Å². The molecule has 2 fully saturated rings. The van der Waals surface area contributed by atoms with Gasteiger partial charge in [0.15, 0.2) is 0 Å². The van der Waals surface area contributed by atoms with Crippen molar-refractivity contribution in [3.05, 3.63) is 54.1 Å². The second-order valence-corrected chi connectivity index (χ2v) is 8.04. The summed E-state index contributed by atoms with van der Waals surface area (Å²) in [5.74, 6) is -0.249. The lowest BCUT2D eigenvalue weighted by Crippen LogP contribution is -2.37. The molecule has 2 saturated heterocycles. The van der Waals surface area contributed by atoms with Crippen molar-refractivity contribution in [2.75, 3.05) is 40.9 Å². The molecular weight excluding hydrogens is 362 g/mol. The van der Waals surface area contributed by atoms with Gasteiger partial charge in [-0.05, 0) is 68.7 Å². The van der Waals surface area contributed by atoms with Crippen molar-refractivity contribution in [1.29, 1.82) is 0 Å². The van der Waals surface area contributed by atoms with Gasteiger partial charge < -0.3 is 14.7 Å². The van der Waals surface area contributed by atoms with Crippen LogP contribution in [0.3, 0.4) is 0 Å². The SMILES string of the molecule is CCN(C(=O)C1CC(=O)N(c2ccc(N3CCCC3)cc2)C1)c1cccc(C)c1. The molecule has 0 N–H and O–H groups in total. The van der Waals surface area contributed by atoms with Gasteiger partial charge in [0.1, 0.15) is 0 Å². The normalized spacial score (nSPS) is 19.1. The van der Waals surface area contributed by atoms with Crippen molar-refractivity contribution >= 4 is 28.9 Å². The molecule has 29 heavy (non-hydrogen) atoms. The lowest BCUT2D eigenvalue weighted by molar-refractivity contribution is -0.124. The Bertz CT molecular complexity index is 887. The van der Waals surface area contributed by atoms with Crippen LogP contribution in [0, 0.1) is 12.8 Å². The zero-order valence-electron chi connectivity index (χ0n) is 17.3. The Labute approximate surface area is 172 Å². The number of nitrogens with zero attached hydrogens (tertiary/aromatic N) is 3. The van der Waals surface area contributed by atoms with E-state index in [-0.39, 0.29) is 24.2 Å². The third kappa shape index (κ3) is 4.00. The number of rotatable bonds is 5. The molecule has 1 atom stereocenters. The predicted octanol–water partition coefficient (Wildman–Crippen LogP) is 4.00. The molecule has 2 heterocycles. The molecule has 0 saturated carbocycles. The summed E-state index contributed by atoms with van der Waals surface area (Å²) in [5.41, 5.74) is 4.11. The number of benzene rings is 2. The molecule has 2 aromatic carbocycles. The highest BCUT2D eigenvalue weighted by molar-refractivity contribution is 6.04. The van der Waals surface area contributed by atoms with E-state index in [1.165, 1.54) is 18.5 Å². The first-order valence-corrected chi connectivity index (χ1v) is 10.6. The monoisotopic (exact) mass is 391 g/mol. The summed E-state index contributed by atoms with van der Waals surface area (Å²) in [6, 6.07) is 16.2. The molecule has 5 heteroatoms. The fourth-order valence-electron chi connectivity index (χ4n) is 4.42. The molecule has 2 aliphatic rings. The molecule has 0 aliphatic carbocycles. The molecule has 152 valence electrons. The Balaban J connectivity index is 1.47. The van der Waals surface area contributed by atoms with E-state index in [2.05, 4.69) is 17.0 Å². The quantitative estimate of drug-likeness (QED) is 0.774. The van der Waals surface area contributed by atoms with Crippen molar-refractivity contribution in [1.82, 2.24) is 0 Å². The standard InChI is InChI=1S/C24H29N3O2/c1-3-26(22-8-6-7-18(2)15-22)24(29)19-16-23(28)27(17-19)21-11-9-20(10-12-21)25-13-4-5-14-25/h6-12,15,19H,3-5,13-14,16-17H2,1-2H3. The second kappa shape index (κ2) is 8.27. The summed E-state index contributed by atoms with van der Waals surface area (Å²) >= 11 is 0. The maximum Gasteiger partial charge on any atom is 0.232 e. The highest BCUT2D eigenvalue weighted by atomic mass is 16.2. The molecule has 0 radical (unpaired) electrons. The summed E-state index contributed by atoms with van der Waals surface area (Å²) in [6.07, 6.45) is 2.76. The first-order valence-electron chi connectivity index (χ1n) is 10.6. The van der Waals surface area contributed by atoms with Crippen LogP contribution in [-0.4, -0.2) is 38.0 Å². The van der Waals surface area contributed by atoms with E-state index in [9.17, 15) is 9.59 Å². The van der Waals surface area contributed by atoms with Gasteiger partial charge in [0, 0.05) is 49.7 Å². The molecule has 4 rings (SSSR count). The number of carbonyl (C=O) groups excluding carboxylic acids is 2. The Morgan fingerprint density at radius 3 is 2.41 bits per heavy atom. The number of hydrogen-bond acceptors (Lipinski definition) is 3.